The fourth-order valence-corrected chi connectivity index (χ4v) is 3.21. The first-order chi connectivity index (χ1) is 14.8. The van der Waals surface area contributed by atoms with Gasteiger partial charge < -0.3 is 9.73 Å². The van der Waals surface area contributed by atoms with Gasteiger partial charge in [-0.25, -0.2) is 0 Å². The standard InChI is InChI=1S/C24H16N4O2/c29-22(26-21-10-4-9-20-19(21)8-5-15-25-20)16-11-13-18(14-12-16)24-28-27-23(30-24)17-6-2-1-3-7-17/h1-15H,(H,26,29). The zero-order valence-corrected chi connectivity index (χ0v) is 15.8. The normalized spacial score (nSPS) is 10.8. The van der Waals surface area contributed by atoms with Crippen LogP contribution in [0, 0.1) is 0 Å². The molecule has 6 nitrogen and oxygen atoms in total. The maximum absolute atomic E-state index is 12.7. The van der Waals surface area contributed by atoms with Crippen LogP contribution in [0.5, 0.6) is 0 Å². The summed E-state index contributed by atoms with van der Waals surface area (Å²) in [6.45, 7) is 0. The van der Waals surface area contributed by atoms with Crippen molar-refractivity contribution in [2.24, 2.45) is 0 Å². The number of fused-ring (bicyclic) bond motifs is 1. The highest BCUT2D eigenvalue weighted by molar-refractivity contribution is 6.08. The molecule has 144 valence electrons. The lowest BCUT2D eigenvalue weighted by Crippen LogP contribution is -2.12. The topological polar surface area (TPSA) is 80.9 Å². The minimum atomic E-state index is -0.201. The second-order valence-electron chi connectivity index (χ2n) is 6.69. The number of hydrogen-bond donors (Lipinski definition) is 1. The van der Waals surface area contributed by atoms with Crippen LogP contribution in [0.25, 0.3) is 33.8 Å². The van der Waals surface area contributed by atoms with Crippen molar-refractivity contribution < 1.29 is 9.21 Å². The summed E-state index contributed by atoms with van der Waals surface area (Å²) in [7, 11) is 0. The van der Waals surface area contributed by atoms with Crippen LogP contribution in [0.3, 0.4) is 0 Å². The van der Waals surface area contributed by atoms with Gasteiger partial charge in [-0.05, 0) is 60.7 Å². The molecule has 2 aromatic heterocycles. The number of nitrogens with one attached hydrogen (secondary N) is 1. The molecule has 0 aliphatic rings. The van der Waals surface area contributed by atoms with Crippen LogP contribution >= 0.6 is 0 Å². The van der Waals surface area contributed by atoms with E-state index in [9.17, 15) is 4.79 Å². The van der Waals surface area contributed by atoms with Crippen molar-refractivity contribution in [2.75, 3.05) is 5.32 Å². The van der Waals surface area contributed by atoms with Crippen molar-refractivity contribution in [3.63, 3.8) is 0 Å². The quantitative estimate of drug-likeness (QED) is 0.454. The van der Waals surface area contributed by atoms with Crippen LogP contribution in [0.15, 0.2) is 95.5 Å². The number of amides is 1. The largest absolute Gasteiger partial charge is 0.416 e. The summed E-state index contributed by atoms with van der Waals surface area (Å²) in [6, 6.07) is 26.1. The second kappa shape index (κ2) is 7.60. The third-order valence-corrected chi connectivity index (χ3v) is 4.73. The molecule has 0 fully saturated rings. The summed E-state index contributed by atoms with van der Waals surface area (Å²) in [5.41, 5.74) is 3.69. The van der Waals surface area contributed by atoms with E-state index in [2.05, 4.69) is 20.5 Å². The fourth-order valence-electron chi connectivity index (χ4n) is 3.21. The summed E-state index contributed by atoms with van der Waals surface area (Å²) in [5.74, 6) is 0.659. The Labute approximate surface area is 172 Å². The molecule has 0 atom stereocenters. The van der Waals surface area contributed by atoms with Gasteiger partial charge in [-0.15, -0.1) is 10.2 Å². The van der Waals surface area contributed by atoms with E-state index >= 15 is 0 Å². The van der Waals surface area contributed by atoms with Gasteiger partial charge in [0, 0.05) is 28.3 Å². The summed E-state index contributed by atoms with van der Waals surface area (Å²) in [4.78, 5) is 17.0. The number of carbonyl (C=O) groups is 1. The molecule has 2 heterocycles. The lowest BCUT2D eigenvalue weighted by molar-refractivity contribution is 0.102. The molecule has 0 bridgehead atoms. The SMILES string of the molecule is O=C(Nc1cccc2ncccc12)c1ccc(-c2nnc(-c3ccccc3)o2)cc1. The van der Waals surface area contributed by atoms with Crippen molar-refractivity contribution in [1.29, 1.82) is 0 Å². The Bertz CT molecular complexity index is 1320. The van der Waals surface area contributed by atoms with Crippen LogP contribution < -0.4 is 5.32 Å². The van der Waals surface area contributed by atoms with E-state index in [1.807, 2.05) is 60.7 Å². The number of anilines is 1. The number of nitrogens with zero attached hydrogens (tertiary/aromatic N) is 3. The Kier molecular flexibility index (Phi) is 4.50. The molecule has 0 saturated heterocycles. The molecule has 5 aromatic rings. The predicted octanol–water partition coefficient (Wildman–Crippen LogP) is 5.20. The molecular formula is C24H16N4O2. The molecule has 0 spiro atoms. The maximum Gasteiger partial charge on any atom is 0.255 e. The van der Waals surface area contributed by atoms with Gasteiger partial charge >= 0.3 is 0 Å². The van der Waals surface area contributed by atoms with E-state index in [0.29, 0.717) is 17.3 Å². The van der Waals surface area contributed by atoms with Gasteiger partial charge in [0.25, 0.3) is 5.91 Å². The number of aromatic nitrogens is 3. The van der Waals surface area contributed by atoms with Gasteiger partial charge in [0.2, 0.25) is 11.8 Å². The van der Waals surface area contributed by atoms with Crippen molar-refractivity contribution in [3.8, 4) is 22.9 Å². The monoisotopic (exact) mass is 392 g/mol. The van der Waals surface area contributed by atoms with E-state index in [1.165, 1.54) is 0 Å². The predicted molar refractivity (Wildman–Crippen MR) is 115 cm³/mol. The zero-order valence-electron chi connectivity index (χ0n) is 15.8. The van der Waals surface area contributed by atoms with E-state index in [1.54, 1.807) is 30.5 Å². The maximum atomic E-state index is 12.7. The second-order valence-corrected chi connectivity index (χ2v) is 6.69. The molecular weight excluding hydrogens is 376 g/mol. The van der Waals surface area contributed by atoms with Crippen molar-refractivity contribution in [3.05, 3.63) is 96.7 Å². The van der Waals surface area contributed by atoms with Crippen LogP contribution in [0.1, 0.15) is 10.4 Å². The van der Waals surface area contributed by atoms with Crippen molar-refractivity contribution in [2.45, 2.75) is 0 Å². The van der Waals surface area contributed by atoms with Gasteiger partial charge in [-0.1, -0.05) is 24.3 Å². The Morgan fingerprint density at radius 3 is 2.23 bits per heavy atom. The molecule has 3 aromatic carbocycles. The average Bonchev–Trinajstić information content (AvgIpc) is 3.30. The minimum absolute atomic E-state index is 0.201. The average molecular weight is 392 g/mol. The number of carbonyl (C=O) groups excluding carboxylic acids is 1. The Morgan fingerprint density at radius 1 is 0.733 bits per heavy atom. The lowest BCUT2D eigenvalue weighted by Gasteiger charge is -2.08. The lowest BCUT2D eigenvalue weighted by atomic mass is 10.1. The fraction of sp³-hybridized carbons (Fsp3) is 0. The number of rotatable bonds is 4. The first kappa shape index (κ1) is 17.8. The smallest absolute Gasteiger partial charge is 0.255 e. The van der Waals surface area contributed by atoms with Gasteiger partial charge in [-0.2, -0.15) is 0 Å². The highest BCUT2D eigenvalue weighted by Crippen LogP contribution is 2.25. The molecule has 1 N–H and O–H groups in total. The molecule has 0 saturated carbocycles. The van der Waals surface area contributed by atoms with Crippen LogP contribution in [-0.2, 0) is 0 Å². The van der Waals surface area contributed by atoms with Crippen LogP contribution in [0.2, 0.25) is 0 Å². The number of benzene rings is 3. The summed E-state index contributed by atoms with van der Waals surface area (Å²) in [6.07, 6.45) is 1.73. The third-order valence-electron chi connectivity index (χ3n) is 4.73. The first-order valence-electron chi connectivity index (χ1n) is 9.42. The van der Waals surface area contributed by atoms with E-state index < -0.39 is 0 Å². The van der Waals surface area contributed by atoms with Gasteiger partial charge in [0.15, 0.2) is 0 Å². The zero-order chi connectivity index (χ0) is 20.3. The van der Waals surface area contributed by atoms with Crippen molar-refractivity contribution in [1.82, 2.24) is 15.2 Å². The molecule has 0 radical (unpaired) electrons. The van der Waals surface area contributed by atoms with E-state index in [-0.39, 0.29) is 5.91 Å². The summed E-state index contributed by atoms with van der Waals surface area (Å²) in [5, 5.41) is 12.1. The molecule has 0 unspecified atom stereocenters. The molecule has 0 aliphatic carbocycles. The van der Waals surface area contributed by atoms with Crippen LogP contribution in [-0.4, -0.2) is 21.1 Å². The minimum Gasteiger partial charge on any atom is -0.416 e. The Hall–Kier alpha value is -4.32. The Morgan fingerprint density at radius 2 is 1.47 bits per heavy atom. The van der Waals surface area contributed by atoms with Gasteiger partial charge in [0.1, 0.15) is 0 Å². The molecule has 1 amide bonds. The third kappa shape index (κ3) is 3.42. The van der Waals surface area contributed by atoms with E-state index in [0.717, 1.165) is 27.7 Å². The van der Waals surface area contributed by atoms with Crippen molar-refractivity contribution >= 4 is 22.5 Å². The molecule has 30 heavy (non-hydrogen) atoms. The molecule has 6 heteroatoms. The van der Waals surface area contributed by atoms with Gasteiger partial charge in [0.05, 0.1) is 11.2 Å². The Balaban J connectivity index is 1.36. The number of hydrogen-bond acceptors (Lipinski definition) is 5. The molecule has 0 aliphatic heterocycles. The number of pyridine rings is 1. The van der Waals surface area contributed by atoms with Gasteiger partial charge in [-0.3, -0.25) is 9.78 Å². The highest BCUT2D eigenvalue weighted by Gasteiger charge is 2.12. The highest BCUT2D eigenvalue weighted by atomic mass is 16.4. The molecule has 5 rings (SSSR count). The van der Waals surface area contributed by atoms with E-state index in [4.69, 9.17) is 4.42 Å². The summed E-state index contributed by atoms with van der Waals surface area (Å²) < 4.78 is 5.77. The first-order valence-corrected chi connectivity index (χ1v) is 9.42. The summed E-state index contributed by atoms with van der Waals surface area (Å²) >= 11 is 0. The van der Waals surface area contributed by atoms with Crippen LogP contribution in [0.4, 0.5) is 5.69 Å².